The molecule has 0 spiro atoms. The Balaban J connectivity index is 2.34. The van der Waals surface area contributed by atoms with Crippen molar-refractivity contribution in [3.63, 3.8) is 0 Å². The molecule has 0 aliphatic heterocycles. The summed E-state index contributed by atoms with van der Waals surface area (Å²) in [6, 6.07) is 0.908. The van der Waals surface area contributed by atoms with Crippen molar-refractivity contribution in [3.05, 3.63) is 39.8 Å². The van der Waals surface area contributed by atoms with Crippen LogP contribution in [0.1, 0.15) is 50.3 Å². The second-order valence-corrected chi connectivity index (χ2v) is 5.76. The predicted octanol–water partition coefficient (Wildman–Crippen LogP) is 2.70. The molecule has 0 aliphatic carbocycles. The zero-order valence-corrected chi connectivity index (χ0v) is 13.2. The second kappa shape index (κ2) is 6.78. The van der Waals surface area contributed by atoms with E-state index in [1.165, 1.54) is 11.3 Å². The van der Waals surface area contributed by atoms with Gasteiger partial charge in [0.1, 0.15) is 22.7 Å². The molecule has 2 aromatic rings. The lowest BCUT2D eigenvalue weighted by atomic mass is 10.1. The average molecular weight is 340 g/mol. The van der Waals surface area contributed by atoms with Crippen LogP contribution in [0, 0.1) is 6.92 Å². The van der Waals surface area contributed by atoms with Crippen LogP contribution in [0.25, 0.3) is 0 Å². The van der Waals surface area contributed by atoms with E-state index in [9.17, 15) is 18.4 Å². The van der Waals surface area contributed by atoms with Crippen LogP contribution in [0.5, 0.6) is 0 Å². The molecular formula is C14H14F2N4O2S. The van der Waals surface area contributed by atoms with Gasteiger partial charge in [0.15, 0.2) is 0 Å². The van der Waals surface area contributed by atoms with E-state index < -0.39 is 23.9 Å². The van der Waals surface area contributed by atoms with Gasteiger partial charge in [0, 0.05) is 4.88 Å². The molecule has 2 aromatic heterocycles. The highest BCUT2D eigenvalue weighted by Gasteiger charge is 2.21. The Kier molecular flexibility index (Phi) is 4.99. The Labute approximate surface area is 134 Å². The number of alkyl halides is 2. The van der Waals surface area contributed by atoms with E-state index in [1.54, 1.807) is 6.92 Å². The summed E-state index contributed by atoms with van der Waals surface area (Å²) in [7, 11) is 0. The number of carbonyl (C=O) groups is 2. The summed E-state index contributed by atoms with van der Waals surface area (Å²) >= 11 is 1.22. The summed E-state index contributed by atoms with van der Waals surface area (Å²) in [6.07, 6.45) is -1.24. The molecule has 0 saturated heterocycles. The van der Waals surface area contributed by atoms with Gasteiger partial charge in [-0.3, -0.25) is 9.59 Å². The van der Waals surface area contributed by atoms with Gasteiger partial charge in [0.05, 0.1) is 5.56 Å². The Bertz CT molecular complexity index is 761. The first-order valence-corrected chi connectivity index (χ1v) is 7.50. The summed E-state index contributed by atoms with van der Waals surface area (Å²) in [5.41, 5.74) is 5.53. The quantitative estimate of drug-likeness (QED) is 0.874. The molecule has 0 aromatic carbocycles. The number of aryl methyl sites for hydroxylation is 1. The molecule has 0 atom stereocenters. The number of hydrogen-bond donors (Lipinski definition) is 2. The minimum absolute atomic E-state index is 0.213. The molecule has 0 aliphatic rings. The van der Waals surface area contributed by atoms with Crippen LogP contribution < -0.4 is 11.1 Å². The van der Waals surface area contributed by atoms with Crippen molar-refractivity contribution in [3.8, 4) is 0 Å². The first-order chi connectivity index (χ1) is 10.8. The third kappa shape index (κ3) is 3.50. The standard InChI is InChI=1S/C14H14F2N4O2S/c1-3-9-6(2)10(12(17)21)14(23-9)20-13(22)8-4-7(11(15)16)18-5-19-8/h4-5,11H,3H2,1-2H3,(H2,17,21)(H,20,22). The minimum atomic E-state index is -2.80. The third-order valence-electron chi connectivity index (χ3n) is 3.18. The normalized spacial score (nSPS) is 10.8. The van der Waals surface area contributed by atoms with Gasteiger partial charge in [-0.1, -0.05) is 6.92 Å². The van der Waals surface area contributed by atoms with Crippen LogP contribution in [0.4, 0.5) is 13.8 Å². The monoisotopic (exact) mass is 340 g/mol. The Morgan fingerprint density at radius 1 is 1.39 bits per heavy atom. The van der Waals surface area contributed by atoms with Crippen LogP contribution in [0.3, 0.4) is 0 Å². The highest BCUT2D eigenvalue weighted by Crippen LogP contribution is 2.33. The fraction of sp³-hybridized carbons (Fsp3) is 0.286. The lowest BCUT2D eigenvalue weighted by Crippen LogP contribution is -2.18. The van der Waals surface area contributed by atoms with Gasteiger partial charge in [0.2, 0.25) is 0 Å². The minimum Gasteiger partial charge on any atom is -0.365 e. The predicted molar refractivity (Wildman–Crippen MR) is 81.9 cm³/mol. The van der Waals surface area contributed by atoms with Crippen molar-refractivity contribution in [1.82, 2.24) is 9.97 Å². The van der Waals surface area contributed by atoms with E-state index >= 15 is 0 Å². The lowest BCUT2D eigenvalue weighted by Gasteiger charge is -2.05. The average Bonchev–Trinajstić information content (AvgIpc) is 2.83. The van der Waals surface area contributed by atoms with Crippen LogP contribution in [0.2, 0.25) is 0 Å². The molecule has 0 radical (unpaired) electrons. The van der Waals surface area contributed by atoms with Crippen LogP contribution in [-0.4, -0.2) is 21.8 Å². The molecule has 0 unspecified atom stereocenters. The number of nitrogens with zero attached hydrogens (tertiary/aromatic N) is 2. The number of thiophene rings is 1. The van der Waals surface area contributed by atoms with Gasteiger partial charge in [-0.2, -0.15) is 0 Å². The van der Waals surface area contributed by atoms with E-state index in [2.05, 4.69) is 15.3 Å². The molecule has 2 heterocycles. The maximum atomic E-state index is 12.6. The molecule has 122 valence electrons. The number of primary amides is 1. The van der Waals surface area contributed by atoms with E-state index in [1.807, 2.05) is 6.92 Å². The first-order valence-electron chi connectivity index (χ1n) is 6.68. The van der Waals surface area contributed by atoms with Crippen molar-refractivity contribution in [2.75, 3.05) is 5.32 Å². The molecule has 3 N–H and O–H groups in total. The fourth-order valence-corrected chi connectivity index (χ4v) is 3.21. The zero-order chi connectivity index (χ0) is 17.1. The smallest absolute Gasteiger partial charge is 0.280 e. The number of nitrogens with one attached hydrogen (secondary N) is 1. The summed E-state index contributed by atoms with van der Waals surface area (Å²) in [5, 5.41) is 2.80. The van der Waals surface area contributed by atoms with Crippen LogP contribution in [0.15, 0.2) is 12.4 Å². The van der Waals surface area contributed by atoms with Gasteiger partial charge in [-0.05, 0) is 25.0 Å². The van der Waals surface area contributed by atoms with Gasteiger partial charge in [-0.15, -0.1) is 11.3 Å². The van der Waals surface area contributed by atoms with Crippen molar-refractivity contribution >= 4 is 28.2 Å². The molecule has 2 rings (SSSR count). The van der Waals surface area contributed by atoms with Gasteiger partial charge in [-0.25, -0.2) is 18.7 Å². The summed E-state index contributed by atoms with van der Waals surface area (Å²) in [4.78, 5) is 31.7. The maximum Gasteiger partial charge on any atom is 0.280 e. The topological polar surface area (TPSA) is 98.0 Å². The Hall–Kier alpha value is -2.42. The van der Waals surface area contributed by atoms with Gasteiger partial charge < -0.3 is 11.1 Å². The molecule has 0 fully saturated rings. The number of anilines is 1. The lowest BCUT2D eigenvalue weighted by molar-refractivity contribution is 0.100. The number of hydrogen-bond acceptors (Lipinski definition) is 5. The molecule has 0 bridgehead atoms. The Morgan fingerprint density at radius 3 is 2.65 bits per heavy atom. The SMILES string of the molecule is CCc1sc(NC(=O)c2cc(C(F)F)ncn2)c(C(N)=O)c1C. The largest absolute Gasteiger partial charge is 0.365 e. The molecule has 9 heteroatoms. The summed E-state index contributed by atoms with van der Waals surface area (Å²) in [6.45, 7) is 3.65. The van der Waals surface area contributed by atoms with Crippen LogP contribution >= 0.6 is 11.3 Å². The third-order valence-corrected chi connectivity index (χ3v) is 4.54. The number of carbonyl (C=O) groups excluding carboxylic acids is 2. The van der Waals surface area contributed by atoms with Crippen molar-refractivity contribution in [1.29, 1.82) is 0 Å². The van der Waals surface area contributed by atoms with E-state index in [4.69, 9.17) is 5.73 Å². The molecule has 2 amide bonds. The number of amides is 2. The number of aromatic nitrogens is 2. The van der Waals surface area contributed by atoms with E-state index in [0.29, 0.717) is 12.0 Å². The number of nitrogens with two attached hydrogens (primary N) is 1. The Morgan fingerprint density at radius 2 is 2.09 bits per heavy atom. The van der Waals surface area contributed by atoms with Crippen molar-refractivity contribution in [2.24, 2.45) is 5.73 Å². The maximum absolute atomic E-state index is 12.6. The van der Waals surface area contributed by atoms with Gasteiger partial charge in [0.25, 0.3) is 18.2 Å². The zero-order valence-electron chi connectivity index (χ0n) is 12.4. The molecule has 6 nitrogen and oxygen atoms in total. The van der Waals surface area contributed by atoms with Crippen LogP contribution in [-0.2, 0) is 6.42 Å². The highest BCUT2D eigenvalue weighted by molar-refractivity contribution is 7.17. The summed E-state index contributed by atoms with van der Waals surface area (Å²) in [5.74, 6) is -1.37. The molecule has 23 heavy (non-hydrogen) atoms. The molecular weight excluding hydrogens is 326 g/mol. The van der Waals surface area contributed by atoms with E-state index in [-0.39, 0.29) is 16.3 Å². The number of rotatable bonds is 5. The second-order valence-electron chi connectivity index (χ2n) is 4.66. The van der Waals surface area contributed by atoms with Crippen molar-refractivity contribution < 1.29 is 18.4 Å². The van der Waals surface area contributed by atoms with Gasteiger partial charge >= 0.3 is 0 Å². The van der Waals surface area contributed by atoms with E-state index in [0.717, 1.165) is 17.3 Å². The summed E-state index contributed by atoms with van der Waals surface area (Å²) < 4.78 is 25.3. The fourth-order valence-electron chi connectivity index (χ4n) is 2.07. The first kappa shape index (κ1) is 16.9. The highest BCUT2D eigenvalue weighted by atomic mass is 32.1. The van der Waals surface area contributed by atoms with Crippen molar-refractivity contribution in [2.45, 2.75) is 26.7 Å². The molecule has 0 saturated carbocycles. The number of halogens is 2.